The minimum atomic E-state index is -0.311. The third-order valence-electron chi connectivity index (χ3n) is 6.00. The second-order valence-electron chi connectivity index (χ2n) is 7.38. The average Bonchev–Trinajstić information content (AvgIpc) is 3.36. The van der Waals surface area contributed by atoms with Gasteiger partial charge in [0.15, 0.2) is 0 Å². The van der Waals surface area contributed by atoms with Crippen molar-refractivity contribution in [3.63, 3.8) is 0 Å². The van der Waals surface area contributed by atoms with Crippen LogP contribution in [0.15, 0.2) is 97.1 Å². The summed E-state index contributed by atoms with van der Waals surface area (Å²) in [6, 6.07) is 36.2. The molecule has 3 heteroatoms. The standard InChI is InChI=1S/2C13H9.2CH3O.Ti/c2*1-3-7-12-10(5-1)9-11-6-2-4-8-13(11)12;2*1-2;/h2*1-9H;2*1H3;/q;;2*-1;+2. The number of benzene rings is 4. The zero-order valence-electron chi connectivity index (χ0n) is 17.7. The van der Waals surface area contributed by atoms with Crippen LogP contribution in [0.3, 0.4) is 0 Å². The Balaban J connectivity index is 0.000000549. The van der Waals surface area contributed by atoms with E-state index in [1.54, 1.807) is 22.3 Å². The van der Waals surface area contributed by atoms with Gasteiger partial charge >= 0.3 is 169 Å². The summed E-state index contributed by atoms with van der Waals surface area (Å²) in [5, 5.41) is 16.5. The van der Waals surface area contributed by atoms with Crippen LogP contribution in [0.4, 0.5) is 0 Å². The molecular weight excluding hydrogens is 416 g/mol. The Labute approximate surface area is 193 Å². The van der Waals surface area contributed by atoms with E-state index in [2.05, 4.69) is 97.1 Å². The van der Waals surface area contributed by atoms with Gasteiger partial charge in [-0.15, -0.1) is 0 Å². The molecule has 0 atom stereocenters. The molecule has 0 radical (unpaired) electrons. The van der Waals surface area contributed by atoms with Crippen molar-refractivity contribution in [2.75, 3.05) is 14.2 Å². The molecule has 0 amide bonds. The zero-order chi connectivity index (χ0) is 21.8. The Morgan fingerprint density at radius 2 is 0.645 bits per heavy atom. The fourth-order valence-corrected chi connectivity index (χ4v) is 8.05. The van der Waals surface area contributed by atoms with Gasteiger partial charge in [-0.05, 0) is 0 Å². The van der Waals surface area contributed by atoms with Gasteiger partial charge in [-0.25, -0.2) is 0 Å². The van der Waals surface area contributed by atoms with Crippen LogP contribution < -0.4 is 10.2 Å². The van der Waals surface area contributed by atoms with E-state index in [0.717, 1.165) is 14.2 Å². The summed E-state index contributed by atoms with van der Waals surface area (Å²) in [6.07, 6.45) is 0. The van der Waals surface area contributed by atoms with Crippen LogP contribution >= 0.6 is 0 Å². The molecule has 0 saturated heterocycles. The molecule has 2 aliphatic carbocycles. The third kappa shape index (κ3) is 3.71. The molecule has 2 nitrogen and oxygen atoms in total. The van der Waals surface area contributed by atoms with Crippen molar-refractivity contribution in [2.24, 2.45) is 0 Å². The molecule has 0 fully saturated rings. The van der Waals surface area contributed by atoms with Crippen molar-refractivity contribution >= 4 is 0 Å². The molecule has 0 spiro atoms. The van der Waals surface area contributed by atoms with E-state index in [1.807, 2.05) is 0 Å². The number of hydrogen-bond donors (Lipinski definition) is 0. The molecule has 6 rings (SSSR count). The maximum absolute atomic E-state index is 8.25. The van der Waals surface area contributed by atoms with Crippen molar-refractivity contribution in [3.8, 4) is 22.3 Å². The molecule has 31 heavy (non-hydrogen) atoms. The van der Waals surface area contributed by atoms with Crippen molar-refractivity contribution in [3.05, 3.63) is 119 Å². The van der Waals surface area contributed by atoms with Crippen LogP contribution in [0.25, 0.3) is 22.3 Å². The first-order valence-electron chi connectivity index (χ1n) is 10.4. The Morgan fingerprint density at radius 1 is 0.419 bits per heavy atom. The van der Waals surface area contributed by atoms with Crippen LogP contribution in [-0.2, 0) is 19.2 Å². The first kappa shape index (κ1) is 21.7. The average molecular weight is 440 g/mol. The Bertz CT molecular complexity index is 1000. The summed E-state index contributed by atoms with van der Waals surface area (Å²) in [6.45, 7) is 0. The van der Waals surface area contributed by atoms with Gasteiger partial charge in [0.25, 0.3) is 0 Å². The van der Waals surface area contributed by atoms with Gasteiger partial charge in [0.05, 0.1) is 0 Å². The second kappa shape index (κ2) is 9.76. The van der Waals surface area contributed by atoms with E-state index in [9.17, 15) is 0 Å². The fourth-order valence-electron chi connectivity index (χ4n) is 4.84. The summed E-state index contributed by atoms with van der Waals surface area (Å²) < 4.78 is 1.17. The van der Waals surface area contributed by atoms with Crippen molar-refractivity contribution in [1.29, 1.82) is 0 Å². The Kier molecular flexibility index (Phi) is 6.84. The fraction of sp³-hybridized carbons (Fsp3) is 0.143. The van der Waals surface area contributed by atoms with Crippen molar-refractivity contribution in [2.45, 2.75) is 8.45 Å². The molecule has 4 aromatic carbocycles. The topological polar surface area (TPSA) is 46.1 Å². The quantitative estimate of drug-likeness (QED) is 0.429. The normalized spacial score (nSPS) is 12.8. The molecule has 0 saturated carbocycles. The van der Waals surface area contributed by atoms with E-state index in [-0.39, 0.29) is 19.2 Å². The molecule has 0 unspecified atom stereocenters. The summed E-state index contributed by atoms with van der Waals surface area (Å²) in [7, 11) is 1.50. The maximum atomic E-state index is 8.25. The monoisotopic (exact) mass is 440 g/mol. The van der Waals surface area contributed by atoms with E-state index < -0.39 is 0 Å². The van der Waals surface area contributed by atoms with Gasteiger partial charge in [-0.1, -0.05) is 0 Å². The number of hydrogen-bond acceptors (Lipinski definition) is 2. The molecule has 2 aliphatic rings. The van der Waals surface area contributed by atoms with E-state index >= 15 is 0 Å². The summed E-state index contributed by atoms with van der Waals surface area (Å²) in [5.74, 6) is 0. The van der Waals surface area contributed by atoms with Crippen LogP contribution in [0.2, 0.25) is 0 Å². The first-order valence-corrected chi connectivity index (χ1v) is 12.2. The molecular formula is C28H24O2Ti. The van der Waals surface area contributed by atoms with E-state index in [4.69, 9.17) is 10.2 Å². The summed E-state index contributed by atoms with van der Waals surface area (Å²) >= 11 is -0.311. The van der Waals surface area contributed by atoms with Crippen molar-refractivity contribution in [1.82, 2.24) is 0 Å². The van der Waals surface area contributed by atoms with Crippen LogP contribution in [0, 0.1) is 0 Å². The second-order valence-corrected chi connectivity index (χ2v) is 9.71. The SMILES string of the molecule is C[O-].C[O-].c1ccc2c(c1)-c1ccccc1[CH]2[Ti+2][CH]1c2ccccc2-c2ccccc21. The van der Waals surface area contributed by atoms with E-state index in [1.165, 1.54) is 22.3 Å². The zero-order valence-corrected chi connectivity index (χ0v) is 19.3. The predicted octanol–water partition coefficient (Wildman–Crippen LogP) is 4.56. The number of rotatable bonds is 2. The molecule has 0 N–H and O–H groups in total. The minimum absolute atomic E-state index is 0.311. The third-order valence-corrected chi connectivity index (χ3v) is 8.98. The molecule has 4 aromatic rings. The molecule has 0 bridgehead atoms. The molecule has 0 aromatic heterocycles. The van der Waals surface area contributed by atoms with Gasteiger partial charge in [-0.3, -0.25) is 0 Å². The van der Waals surface area contributed by atoms with Crippen LogP contribution in [-0.4, -0.2) is 14.2 Å². The summed E-state index contributed by atoms with van der Waals surface area (Å²) in [4.78, 5) is 0. The van der Waals surface area contributed by atoms with Gasteiger partial charge < -0.3 is 10.2 Å². The molecule has 0 aliphatic heterocycles. The van der Waals surface area contributed by atoms with E-state index in [0.29, 0.717) is 8.45 Å². The van der Waals surface area contributed by atoms with Gasteiger partial charge in [0, 0.05) is 0 Å². The summed E-state index contributed by atoms with van der Waals surface area (Å²) in [5.41, 5.74) is 12.0. The van der Waals surface area contributed by atoms with Gasteiger partial charge in [0.2, 0.25) is 0 Å². The van der Waals surface area contributed by atoms with Crippen LogP contribution in [0.5, 0.6) is 0 Å². The Hall–Kier alpha value is -2.49. The Morgan fingerprint density at radius 3 is 0.903 bits per heavy atom. The van der Waals surface area contributed by atoms with Gasteiger partial charge in [-0.2, -0.15) is 14.2 Å². The predicted molar refractivity (Wildman–Crippen MR) is 119 cm³/mol. The first-order chi connectivity index (χ1) is 15.4. The number of fused-ring (bicyclic) bond motifs is 6. The van der Waals surface area contributed by atoms with Gasteiger partial charge in [0.1, 0.15) is 0 Å². The van der Waals surface area contributed by atoms with Crippen molar-refractivity contribution < 1.29 is 29.4 Å². The van der Waals surface area contributed by atoms with Crippen LogP contribution in [0.1, 0.15) is 30.7 Å². The molecule has 152 valence electrons. The molecule has 0 heterocycles.